The van der Waals surface area contributed by atoms with Crippen molar-refractivity contribution in [2.24, 2.45) is 0 Å². The Balaban J connectivity index is 2.71. The second-order valence-electron chi connectivity index (χ2n) is 4.66. The smallest absolute Gasteiger partial charge is 0.303 e. The van der Waals surface area contributed by atoms with E-state index in [-0.39, 0.29) is 18.6 Å². The maximum Gasteiger partial charge on any atom is 0.303 e. The summed E-state index contributed by atoms with van der Waals surface area (Å²) in [5, 5.41) is 11.8. The van der Waals surface area contributed by atoms with E-state index in [2.05, 4.69) is 5.32 Å². The van der Waals surface area contributed by atoms with Crippen molar-refractivity contribution >= 4 is 11.8 Å². The van der Waals surface area contributed by atoms with Gasteiger partial charge in [-0.2, -0.15) is 0 Å². The zero-order valence-corrected chi connectivity index (χ0v) is 11.6. The minimum absolute atomic E-state index is 0.0727. The standard InChI is InChI=1S/C15H20FNO3/c1-2-3-10-17-13(8-9-14(18)19)15(20)11-4-6-12(16)7-5-11/h4-7,13,17H,2-3,8-10H2,1H3,(H,18,19). The Morgan fingerprint density at radius 2 is 1.95 bits per heavy atom. The summed E-state index contributed by atoms with van der Waals surface area (Å²) in [5.41, 5.74) is 0.394. The second kappa shape index (κ2) is 8.43. The molecule has 0 aromatic heterocycles. The highest BCUT2D eigenvalue weighted by Gasteiger charge is 2.20. The minimum Gasteiger partial charge on any atom is -0.481 e. The van der Waals surface area contributed by atoms with Gasteiger partial charge in [-0.15, -0.1) is 0 Å². The summed E-state index contributed by atoms with van der Waals surface area (Å²) in [6.07, 6.45) is 2.07. The SMILES string of the molecule is CCCCNC(CCC(=O)O)C(=O)c1ccc(F)cc1. The number of benzene rings is 1. The Bertz CT molecular complexity index is 445. The van der Waals surface area contributed by atoms with Crippen LogP contribution in [0, 0.1) is 5.82 Å². The lowest BCUT2D eigenvalue weighted by molar-refractivity contribution is -0.137. The van der Waals surface area contributed by atoms with E-state index >= 15 is 0 Å². The lowest BCUT2D eigenvalue weighted by Crippen LogP contribution is -2.37. The van der Waals surface area contributed by atoms with Gasteiger partial charge in [0.1, 0.15) is 5.82 Å². The van der Waals surface area contributed by atoms with Crippen LogP contribution in [-0.4, -0.2) is 29.4 Å². The number of hydrogen-bond donors (Lipinski definition) is 2. The van der Waals surface area contributed by atoms with Crippen molar-refractivity contribution in [3.05, 3.63) is 35.6 Å². The number of carboxylic acid groups (broad SMARTS) is 1. The molecular formula is C15H20FNO3. The number of rotatable bonds is 9. The van der Waals surface area contributed by atoms with Gasteiger partial charge in [0.05, 0.1) is 6.04 Å². The Morgan fingerprint density at radius 3 is 2.50 bits per heavy atom. The van der Waals surface area contributed by atoms with Crippen LogP contribution in [0.25, 0.3) is 0 Å². The van der Waals surface area contributed by atoms with E-state index in [9.17, 15) is 14.0 Å². The molecular weight excluding hydrogens is 261 g/mol. The highest BCUT2D eigenvalue weighted by atomic mass is 19.1. The summed E-state index contributed by atoms with van der Waals surface area (Å²) >= 11 is 0. The molecule has 1 atom stereocenters. The number of nitrogens with one attached hydrogen (secondary N) is 1. The quantitative estimate of drug-likeness (QED) is 0.539. The molecule has 0 amide bonds. The first kappa shape index (κ1) is 16.3. The zero-order valence-electron chi connectivity index (χ0n) is 11.6. The largest absolute Gasteiger partial charge is 0.481 e. The maximum atomic E-state index is 12.8. The number of Topliss-reactive ketones (excluding diaryl/α,β-unsaturated/α-hetero) is 1. The molecule has 4 nitrogen and oxygen atoms in total. The minimum atomic E-state index is -0.931. The number of unbranched alkanes of at least 4 members (excludes halogenated alkanes) is 1. The maximum absolute atomic E-state index is 12.8. The molecule has 0 aliphatic rings. The van der Waals surface area contributed by atoms with Crippen molar-refractivity contribution in [2.45, 2.75) is 38.6 Å². The van der Waals surface area contributed by atoms with Crippen molar-refractivity contribution in [2.75, 3.05) is 6.54 Å². The summed E-state index contributed by atoms with van der Waals surface area (Å²) in [5.74, 6) is -1.52. The molecule has 1 aromatic carbocycles. The molecule has 0 aliphatic heterocycles. The molecule has 0 heterocycles. The van der Waals surface area contributed by atoms with E-state index in [1.54, 1.807) is 0 Å². The molecule has 5 heteroatoms. The van der Waals surface area contributed by atoms with E-state index in [1.165, 1.54) is 24.3 Å². The third kappa shape index (κ3) is 5.48. The van der Waals surface area contributed by atoms with Crippen LogP contribution in [0.1, 0.15) is 43.0 Å². The number of halogens is 1. The highest BCUT2D eigenvalue weighted by Crippen LogP contribution is 2.10. The van der Waals surface area contributed by atoms with Gasteiger partial charge >= 0.3 is 5.97 Å². The first-order valence-corrected chi connectivity index (χ1v) is 6.79. The van der Waals surface area contributed by atoms with Gasteiger partial charge in [-0.05, 0) is 43.7 Å². The Kier molecular flexibility index (Phi) is 6.87. The van der Waals surface area contributed by atoms with Gasteiger partial charge in [-0.3, -0.25) is 9.59 Å². The Hall–Kier alpha value is -1.75. The average molecular weight is 281 g/mol. The van der Waals surface area contributed by atoms with Crippen LogP contribution in [0.15, 0.2) is 24.3 Å². The van der Waals surface area contributed by atoms with Crippen LogP contribution < -0.4 is 5.32 Å². The molecule has 0 aliphatic carbocycles. The molecule has 0 bridgehead atoms. The van der Waals surface area contributed by atoms with Gasteiger partial charge in [0.25, 0.3) is 0 Å². The molecule has 0 spiro atoms. The Morgan fingerprint density at radius 1 is 1.30 bits per heavy atom. The lowest BCUT2D eigenvalue weighted by atomic mass is 10.00. The lowest BCUT2D eigenvalue weighted by Gasteiger charge is -2.16. The van der Waals surface area contributed by atoms with Crippen molar-refractivity contribution < 1.29 is 19.1 Å². The zero-order chi connectivity index (χ0) is 15.0. The van der Waals surface area contributed by atoms with Crippen molar-refractivity contribution in [1.82, 2.24) is 5.32 Å². The van der Waals surface area contributed by atoms with Crippen LogP contribution in [-0.2, 0) is 4.79 Å². The molecule has 2 N–H and O–H groups in total. The van der Waals surface area contributed by atoms with Crippen LogP contribution in [0.2, 0.25) is 0 Å². The predicted octanol–water partition coefficient (Wildman–Crippen LogP) is 2.63. The number of carbonyl (C=O) groups is 2. The summed E-state index contributed by atoms with van der Waals surface area (Å²) in [6.45, 7) is 2.70. The fourth-order valence-corrected chi connectivity index (χ4v) is 1.86. The van der Waals surface area contributed by atoms with E-state index in [1.807, 2.05) is 6.92 Å². The Labute approximate surface area is 118 Å². The van der Waals surface area contributed by atoms with Crippen molar-refractivity contribution in [3.63, 3.8) is 0 Å². The molecule has 110 valence electrons. The van der Waals surface area contributed by atoms with Gasteiger partial charge in [-0.1, -0.05) is 13.3 Å². The van der Waals surface area contributed by atoms with Gasteiger partial charge in [0.15, 0.2) is 5.78 Å². The molecule has 0 saturated heterocycles. The van der Waals surface area contributed by atoms with Crippen LogP contribution in [0.5, 0.6) is 0 Å². The first-order valence-electron chi connectivity index (χ1n) is 6.79. The number of carboxylic acids is 1. The molecule has 0 saturated carbocycles. The monoisotopic (exact) mass is 281 g/mol. The normalized spacial score (nSPS) is 12.1. The number of hydrogen-bond acceptors (Lipinski definition) is 3. The summed E-state index contributed by atoms with van der Waals surface area (Å²) in [6, 6.07) is 4.77. The predicted molar refractivity (Wildman–Crippen MR) is 74.3 cm³/mol. The number of carbonyl (C=O) groups excluding carboxylic acids is 1. The number of ketones is 1. The van der Waals surface area contributed by atoms with E-state index in [0.29, 0.717) is 12.1 Å². The third-order valence-electron chi connectivity index (χ3n) is 3.01. The topological polar surface area (TPSA) is 66.4 Å². The molecule has 1 unspecified atom stereocenters. The van der Waals surface area contributed by atoms with Crippen LogP contribution in [0.3, 0.4) is 0 Å². The molecule has 20 heavy (non-hydrogen) atoms. The van der Waals surface area contributed by atoms with E-state index in [0.717, 1.165) is 12.8 Å². The van der Waals surface area contributed by atoms with Crippen molar-refractivity contribution in [1.29, 1.82) is 0 Å². The molecule has 0 fully saturated rings. The molecule has 1 aromatic rings. The van der Waals surface area contributed by atoms with Gasteiger partial charge < -0.3 is 10.4 Å². The van der Waals surface area contributed by atoms with Gasteiger partial charge in [0, 0.05) is 12.0 Å². The van der Waals surface area contributed by atoms with E-state index in [4.69, 9.17) is 5.11 Å². The van der Waals surface area contributed by atoms with Crippen LogP contribution >= 0.6 is 0 Å². The summed E-state index contributed by atoms with van der Waals surface area (Å²) in [7, 11) is 0. The fourth-order valence-electron chi connectivity index (χ4n) is 1.86. The number of aliphatic carboxylic acids is 1. The van der Waals surface area contributed by atoms with Gasteiger partial charge in [0.2, 0.25) is 0 Å². The fraction of sp³-hybridized carbons (Fsp3) is 0.467. The van der Waals surface area contributed by atoms with Crippen molar-refractivity contribution in [3.8, 4) is 0 Å². The second-order valence-corrected chi connectivity index (χ2v) is 4.66. The summed E-state index contributed by atoms with van der Waals surface area (Å²) < 4.78 is 12.8. The summed E-state index contributed by atoms with van der Waals surface area (Å²) in [4.78, 5) is 22.9. The first-order chi connectivity index (χ1) is 9.54. The molecule has 0 radical (unpaired) electrons. The van der Waals surface area contributed by atoms with Crippen LogP contribution in [0.4, 0.5) is 4.39 Å². The molecule has 1 rings (SSSR count). The van der Waals surface area contributed by atoms with Gasteiger partial charge in [-0.25, -0.2) is 4.39 Å². The third-order valence-corrected chi connectivity index (χ3v) is 3.01. The highest BCUT2D eigenvalue weighted by molar-refractivity contribution is 6.00. The average Bonchev–Trinajstić information content (AvgIpc) is 2.42. The van der Waals surface area contributed by atoms with E-state index < -0.39 is 17.8 Å².